The summed E-state index contributed by atoms with van der Waals surface area (Å²) in [6, 6.07) is 1.59. The average Bonchev–Trinajstić information content (AvgIpc) is 2.64. The summed E-state index contributed by atoms with van der Waals surface area (Å²) in [6.07, 6.45) is 2.93. The molecule has 0 radical (unpaired) electrons. The molecule has 1 saturated heterocycles. The molecular formula is C11H18N4O. The van der Waals surface area contributed by atoms with Crippen molar-refractivity contribution in [2.24, 2.45) is 5.92 Å². The quantitative estimate of drug-likeness (QED) is 0.791. The maximum atomic E-state index is 11.1. The van der Waals surface area contributed by atoms with Crippen molar-refractivity contribution >= 4 is 5.69 Å². The molecule has 0 aliphatic carbocycles. The number of anilines is 1. The van der Waals surface area contributed by atoms with Crippen LogP contribution in [0, 0.1) is 5.92 Å². The van der Waals surface area contributed by atoms with Gasteiger partial charge in [0.05, 0.1) is 11.9 Å². The minimum Gasteiger partial charge on any atom is -0.373 e. The van der Waals surface area contributed by atoms with Crippen molar-refractivity contribution < 1.29 is 0 Å². The van der Waals surface area contributed by atoms with E-state index in [1.807, 2.05) is 7.05 Å². The normalized spacial score (nSPS) is 21.2. The summed E-state index contributed by atoms with van der Waals surface area (Å²) in [7, 11) is 4.16. The number of rotatable bonds is 3. The van der Waals surface area contributed by atoms with Gasteiger partial charge in [0, 0.05) is 26.2 Å². The molecule has 1 aromatic rings. The molecule has 88 valence electrons. The molecule has 0 bridgehead atoms. The average molecular weight is 222 g/mol. The van der Waals surface area contributed by atoms with Gasteiger partial charge in [-0.3, -0.25) is 4.79 Å². The van der Waals surface area contributed by atoms with Crippen molar-refractivity contribution in [3.8, 4) is 0 Å². The van der Waals surface area contributed by atoms with Crippen LogP contribution in [0.25, 0.3) is 0 Å². The van der Waals surface area contributed by atoms with E-state index in [1.54, 1.807) is 12.3 Å². The third-order valence-electron chi connectivity index (χ3n) is 3.11. The Balaban J connectivity index is 1.97. The second kappa shape index (κ2) is 4.65. The third-order valence-corrected chi connectivity index (χ3v) is 3.11. The Morgan fingerprint density at radius 1 is 1.69 bits per heavy atom. The number of H-pyrrole nitrogens is 1. The fourth-order valence-corrected chi connectivity index (χ4v) is 2.24. The SMILES string of the molecule is CN1CCC(CN(C)c2cn[nH]c(=O)c2)C1. The van der Waals surface area contributed by atoms with E-state index in [1.165, 1.54) is 13.0 Å². The molecule has 16 heavy (non-hydrogen) atoms. The summed E-state index contributed by atoms with van der Waals surface area (Å²) in [5, 5.41) is 6.19. The first kappa shape index (κ1) is 11.1. The van der Waals surface area contributed by atoms with Gasteiger partial charge in [0.15, 0.2) is 0 Å². The van der Waals surface area contributed by atoms with Gasteiger partial charge in [0.2, 0.25) is 0 Å². The molecule has 1 unspecified atom stereocenters. The molecule has 1 aliphatic rings. The van der Waals surface area contributed by atoms with E-state index in [0.717, 1.165) is 18.8 Å². The Kier molecular flexibility index (Phi) is 3.24. The molecule has 1 aliphatic heterocycles. The van der Waals surface area contributed by atoms with E-state index < -0.39 is 0 Å². The highest BCUT2D eigenvalue weighted by Crippen LogP contribution is 2.17. The van der Waals surface area contributed by atoms with Crippen LogP contribution in [0.15, 0.2) is 17.1 Å². The largest absolute Gasteiger partial charge is 0.373 e. The highest BCUT2D eigenvalue weighted by Gasteiger charge is 2.20. The van der Waals surface area contributed by atoms with Crippen LogP contribution < -0.4 is 10.5 Å². The van der Waals surface area contributed by atoms with Crippen LogP contribution in [-0.4, -0.2) is 48.8 Å². The number of hydrogen-bond acceptors (Lipinski definition) is 4. The highest BCUT2D eigenvalue weighted by atomic mass is 16.1. The summed E-state index contributed by atoms with van der Waals surface area (Å²) in [4.78, 5) is 15.6. The molecule has 0 aromatic carbocycles. The Bertz CT molecular complexity index is 403. The lowest BCUT2D eigenvalue weighted by Crippen LogP contribution is -2.28. The van der Waals surface area contributed by atoms with Crippen LogP contribution in [-0.2, 0) is 0 Å². The minimum absolute atomic E-state index is 0.145. The van der Waals surface area contributed by atoms with Crippen LogP contribution >= 0.6 is 0 Å². The maximum Gasteiger partial charge on any atom is 0.266 e. The van der Waals surface area contributed by atoms with Crippen molar-refractivity contribution in [3.05, 3.63) is 22.6 Å². The Hall–Kier alpha value is -1.36. The van der Waals surface area contributed by atoms with Gasteiger partial charge in [0.25, 0.3) is 5.56 Å². The molecule has 5 nitrogen and oxygen atoms in total. The number of aromatic amines is 1. The maximum absolute atomic E-state index is 11.1. The van der Waals surface area contributed by atoms with Gasteiger partial charge >= 0.3 is 0 Å². The van der Waals surface area contributed by atoms with Crippen LogP contribution in [0.4, 0.5) is 5.69 Å². The summed E-state index contributed by atoms with van der Waals surface area (Å²) < 4.78 is 0. The van der Waals surface area contributed by atoms with E-state index in [2.05, 4.69) is 27.0 Å². The lowest BCUT2D eigenvalue weighted by molar-refractivity contribution is 0.396. The minimum atomic E-state index is -0.145. The molecule has 0 amide bonds. The zero-order valence-electron chi connectivity index (χ0n) is 9.81. The van der Waals surface area contributed by atoms with Gasteiger partial charge in [0.1, 0.15) is 0 Å². The molecule has 1 fully saturated rings. The number of nitrogens with one attached hydrogen (secondary N) is 1. The first-order valence-electron chi connectivity index (χ1n) is 5.59. The molecule has 1 N–H and O–H groups in total. The summed E-state index contributed by atoms with van der Waals surface area (Å²) in [5.74, 6) is 0.689. The van der Waals surface area contributed by atoms with E-state index in [9.17, 15) is 4.79 Å². The Labute approximate surface area is 95.1 Å². The zero-order valence-corrected chi connectivity index (χ0v) is 9.81. The lowest BCUT2D eigenvalue weighted by atomic mass is 10.1. The summed E-state index contributed by atoms with van der Waals surface area (Å²) in [5.41, 5.74) is 0.742. The molecule has 2 heterocycles. The van der Waals surface area contributed by atoms with Crippen LogP contribution in [0.1, 0.15) is 6.42 Å². The zero-order chi connectivity index (χ0) is 11.5. The standard InChI is InChI=1S/C11H18N4O/c1-14-4-3-9(7-14)8-15(2)10-5-11(16)13-12-6-10/h5-6,9H,3-4,7-8H2,1-2H3,(H,13,16). The van der Waals surface area contributed by atoms with Gasteiger partial charge in [-0.05, 0) is 25.9 Å². The van der Waals surface area contributed by atoms with E-state index in [0.29, 0.717) is 5.92 Å². The first-order chi connectivity index (χ1) is 7.65. The van der Waals surface area contributed by atoms with Crippen molar-refractivity contribution in [2.75, 3.05) is 38.6 Å². The Morgan fingerprint density at radius 2 is 2.50 bits per heavy atom. The van der Waals surface area contributed by atoms with Crippen molar-refractivity contribution in [1.82, 2.24) is 15.1 Å². The number of nitrogens with zero attached hydrogens (tertiary/aromatic N) is 3. The van der Waals surface area contributed by atoms with Gasteiger partial charge in [-0.25, -0.2) is 5.10 Å². The Morgan fingerprint density at radius 3 is 3.12 bits per heavy atom. The monoisotopic (exact) mass is 222 g/mol. The molecule has 1 atom stereocenters. The highest BCUT2D eigenvalue weighted by molar-refractivity contribution is 5.41. The van der Waals surface area contributed by atoms with Gasteiger partial charge in [-0.2, -0.15) is 5.10 Å². The van der Waals surface area contributed by atoms with Gasteiger partial charge in [-0.15, -0.1) is 0 Å². The first-order valence-corrected chi connectivity index (χ1v) is 5.59. The number of aromatic nitrogens is 2. The molecule has 1 aromatic heterocycles. The fourth-order valence-electron chi connectivity index (χ4n) is 2.24. The molecule has 0 saturated carbocycles. The second-order valence-corrected chi connectivity index (χ2v) is 4.60. The lowest BCUT2D eigenvalue weighted by Gasteiger charge is -2.22. The van der Waals surface area contributed by atoms with Crippen LogP contribution in [0.3, 0.4) is 0 Å². The third kappa shape index (κ3) is 2.61. The smallest absolute Gasteiger partial charge is 0.266 e. The second-order valence-electron chi connectivity index (χ2n) is 4.60. The topological polar surface area (TPSA) is 52.2 Å². The van der Waals surface area contributed by atoms with Crippen molar-refractivity contribution in [3.63, 3.8) is 0 Å². The fraction of sp³-hybridized carbons (Fsp3) is 0.636. The van der Waals surface area contributed by atoms with E-state index in [-0.39, 0.29) is 5.56 Å². The molecule has 2 rings (SSSR count). The van der Waals surface area contributed by atoms with Crippen molar-refractivity contribution in [1.29, 1.82) is 0 Å². The van der Waals surface area contributed by atoms with E-state index >= 15 is 0 Å². The predicted octanol–water partition coefficient (Wildman–Crippen LogP) is 0.158. The molecule has 0 spiro atoms. The summed E-state index contributed by atoms with van der Waals surface area (Å²) in [6.45, 7) is 3.29. The molecular weight excluding hydrogens is 204 g/mol. The van der Waals surface area contributed by atoms with Gasteiger partial charge < -0.3 is 9.80 Å². The van der Waals surface area contributed by atoms with Gasteiger partial charge in [-0.1, -0.05) is 0 Å². The number of hydrogen-bond donors (Lipinski definition) is 1. The summed E-state index contributed by atoms with van der Waals surface area (Å²) >= 11 is 0. The van der Waals surface area contributed by atoms with Crippen LogP contribution in [0.5, 0.6) is 0 Å². The number of likely N-dealkylation sites (tertiary alicyclic amines) is 1. The van der Waals surface area contributed by atoms with E-state index in [4.69, 9.17) is 0 Å². The van der Waals surface area contributed by atoms with Crippen molar-refractivity contribution in [2.45, 2.75) is 6.42 Å². The molecule has 5 heteroatoms. The van der Waals surface area contributed by atoms with Crippen LogP contribution in [0.2, 0.25) is 0 Å². The predicted molar refractivity (Wildman–Crippen MR) is 63.7 cm³/mol.